The summed E-state index contributed by atoms with van der Waals surface area (Å²) in [6.07, 6.45) is 0. The fraction of sp³-hybridized carbons (Fsp3) is 0.400. The van der Waals surface area contributed by atoms with Gasteiger partial charge in [-0.1, -0.05) is 17.7 Å². The molecule has 0 saturated carbocycles. The van der Waals surface area contributed by atoms with Crippen molar-refractivity contribution >= 4 is 11.8 Å². The third-order valence-electron chi connectivity index (χ3n) is 1.64. The highest BCUT2D eigenvalue weighted by molar-refractivity contribution is 8.00. The molecule has 15 heavy (non-hydrogen) atoms. The highest BCUT2D eigenvalue weighted by atomic mass is 32.2. The maximum Gasteiger partial charge on any atom is 0.441 e. The second-order valence-electron chi connectivity index (χ2n) is 2.96. The van der Waals surface area contributed by atoms with Crippen molar-refractivity contribution in [1.82, 2.24) is 0 Å². The number of halogens is 3. The van der Waals surface area contributed by atoms with E-state index < -0.39 is 5.51 Å². The Labute approximate surface area is 90.6 Å². The topological polar surface area (TPSA) is 9.23 Å². The zero-order chi connectivity index (χ0) is 11.3. The fourth-order valence-electron chi connectivity index (χ4n) is 0.951. The number of hydrogen-bond acceptors (Lipinski definition) is 2. The molecule has 1 rings (SSSR count). The van der Waals surface area contributed by atoms with Gasteiger partial charge in [-0.3, -0.25) is 0 Å². The smallest absolute Gasteiger partial charge is 0.441 e. The lowest BCUT2D eigenvalue weighted by atomic mass is 10.2. The number of thioether (sulfide) groups is 1. The Morgan fingerprint density at radius 2 is 1.80 bits per heavy atom. The van der Waals surface area contributed by atoms with Gasteiger partial charge < -0.3 is 4.74 Å². The standard InChI is InChI=1S/C10H11F3OS/c1-8-2-4-9(5-3-8)14-6-7-15-10(11,12)13/h2-5H,6-7H2,1H3. The molecule has 0 aliphatic heterocycles. The highest BCUT2D eigenvalue weighted by Gasteiger charge is 2.27. The Kier molecular flexibility index (Phi) is 4.32. The lowest BCUT2D eigenvalue weighted by Crippen LogP contribution is -2.07. The lowest BCUT2D eigenvalue weighted by Gasteiger charge is -2.07. The summed E-state index contributed by atoms with van der Waals surface area (Å²) in [6.45, 7) is 2.00. The van der Waals surface area contributed by atoms with Crippen molar-refractivity contribution < 1.29 is 17.9 Å². The molecule has 0 bridgehead atoms. The predicted molar refractivity (Wildman–Crippen MR) is 55.2 cm³/mol. The normalized spacial score (nSPS) is 11.5. The molecule has 0 radical (unpaired) electrons. The summed E-state index contributed by atoms with van der Waals surface area (Å²) in [4.78, 5) is 0. The summed E-state index contributed by atoms with van der Waals surface area (Å²) in [5.74, 6) is 0.514. The molecule has 0 aliphatic carbocycles. The molecule has 0 spiro atoms. The minimum absolute atomic E-state index is 0.0627. The van der Waals surface area contributed by atoms with Gasteiger partial charge in [0.05, 0.1) is 6.61 Å². The molecular weight excluding hydrogens is 225 g/mol. The molecule has 0 saturated heterocycles. The van der Waals surface area contributed by atoms with Crippen LogP contribution in [0.25, 0.3) is 0 Å². The zero-order valence-electron chi connectivity index (χ0n) is 8.17. The third-order valence-corrected chi connectivity index (χ3v) is 2.34. The largest absolute Gasteiger partial charge is 0.493 e. The molecule has 0 aromatic heterocycles. The van der Waals surface area contributed by atoms with E-state index in [1.807, 2.05) is 19.1 Å². The van der Waals surface area contributed by atoms with Crippen molar-refractivity contribution in [2.24, 2.45) is 0 Å². The second-order valence-corrected chi connectivity index (χ2v) is 4.12. The minimum atomic E-state index is -4.17. The SMILES string of the molecule is Cc1ccc(OCCSC(F)(F)F)cc1. The predicted octanol–water partition coefficient (Wildman–Crippen LogP) is 3.63. The fourth-order valence-corrected chi connectivity index (χ4v) is 1.35. The molecule has 0 heterocycles. The Morgan fingerprint density at radius 3 is 2.33 bits per heavy atom. The molecule has 1 aromatic rings. The van der Waals surface area contributed by atoms with Crippen LogP contribution in [0.2, 0.25) is 0 Å². The van der Waals surface area contributed by atoms with Gasteiger partial charge in [-0.25, -0.2) is 0 Å². The Hall–Kier alpha value is -0.840. The van der Waals surface area contributed by atoms with Gasteiger partial charge in [0.2, 0.25) is 0 Å². The molecule has 84 valence electrons. The average Bonchev–Trinajstić information content (AvgIpc) is 2.14. The van der Waals surface area contributed by atoms with E-state index in [0.29, 0.717) is 5.75 Å². The van der Waals surface area contributed by atoms with Crippen molar-refractivity contribution in [2.45, 2.75) is 12.4 Å². The van der Waals surface area contributed by atoms with Gasteiger partial charge in [0.1, 0.15) is 5.75 Å². The first-order valence-electron chi connectivity index (χ1n) is 4.37. The van der Waals surface area contributed by atoms with Crippen LogP contribution < -0.4 is 4.74 Å². The van der Waals surface area contributed by atoms with Crippen LogP contribution in [0.4, 0.5) is 13.2 Å². The molecule has 0 atom stereocenters. The number of rotatable bonds is 4. The summed E-state index contributed by atoms with van der Waals surface area (Å²) in [5, 5.41) is 0. The second kappa shape index (κ2) is 5.30. The molecule has 1 aromatic carbocycles. The summed E-state index contributed by atoms with van der Waals surface area (Å²) < 4.78 is 40.4. The van der Waals surface area contributed by atoms with Gasteiger partial charge in [-0.15, -0.1) is 0 Å². The summed E-state index contributed by atoms with van der Waals surface area (Å²) >= 11 is -0.0690. The Balaban J connectivity index is 2.23. The van der Waals surface area contributed by atoms with E-state index in [2.05, 4.69) is 0 Å². The number of alkyl halides is 3. The first-order chi connectivity index (χ1) is 6.97. The molecular formula is C10H11F3OS. The van der Waals surface area contributed by atoms with Crippen LogP contribution >= 0.6 is 11.8 Å². The van der Waals surface area contributed by atoms with E-state index in [4.69, 9.17) is 4.74 Å². The molecule has 0 unspecified atom stereocenters. The van der Waals surface area contributed by atoms with Gasteiger partial charge in [0, 0.05) is 5.75 Å². The number of benzene rings is 1. The van der Waals surface area contributed by atoms with Gasteiger partial charge in [0.25, 0.3) is 0 Å². The van der Waals surface area contributed by atoms with E-state index in [1.54, 1.807) is 12.1 Å². The van der Waals surface area contributed by atoms with Gasteiger partial charge in [0.15, 0.2) is 0 Å². The van der Waals surface area contributed by atoms with Gasteiger partial charge >= 0.3 is 5.51 Å². The Bertz CT molecular complexity index is 295. The quantitative estimate of drug-likeness (QED) is 0.738. The van der Waals surface area contributed by atoms with Crippen molar-refractivity contribution in [3.05, 3.63) is 29.8 Å². The summed E-state index contributed by atoms with van der Waals surface area (Å²) in [6, 6.07) is 7.19. The molecule has 5 heteroatoms. The third kappa shape index (κ3) is 5.57. The number of aryl methyl sites for hydroxylation is 1. The first kappa shape index (κ1) is 12.2. The van der Waals surface area contributed by atoms with E-state index >= 15 is 0 Å². The van der Waals surface area contributed by atoms with Gasteiger partial charge in [-0.2, -0.15) is 13.2 Å². The molecule has 0 fully saturated rings. The molecule has 0 N–H and O–H groups in total. The minimum Gasteiger partial charge on any atom is -0.493 e. The maximum absolute atomic E-state index is 11.7. The average molecular weight is 236 g/mol. The van der Waals surface area contributed by atoms with Crippen LogP contribution in [0.3, 0.4) is 0 Å². The van der Waals surface area contributed by atoms with Crippen LogP contribution in [-0.2, 0) is 0 Å². The molecule has 0 aliphatic rings. The molecule has 1 nitrogen and oxygen atoms in total. The monoisotopic (exact) mass is 236 g/mol. The van der Waals surface area contributed by atoms with Gasteiger partial charge in [-0.05, 0) is 30.8 Å². The summed E-state index contributed by atoms with van der Waals surface area (Å²) in [5.41, 5.74) is -3.08. The van der Waals surface area contributed by atoms with E-state index in [1.165, 1.54) is 0 Å². The first-order valence-corrected chi connectivity index (χ1v) is 5.36. The zero-order valence-corrected chi connectivity index (χ0v) is 8.99. The highest BCUT2D eigenvalue weighted by Crippen LogP contribution is 2.29. The van der Waals surface area contributed by atoms with E-state index in [9.17, 15) is 13.2 Å². The van der Waals surface area contributed by atoms with Crippen LogP contribution in [0, 0.1) is 6.92 Å². The number of ether oxygens (including phenoxy) is 1. The van der Waals surface area contributed by atoms with Crippen molar-refractivity contribution in [2.75, 3.05) is 12.4 Å². The van der Waals surface area contributed by atoms with Crippen LogP contribution in [-0.4, -0.2) is 17.9 Å². The molecule has 0 amide bonds. The van der Waals surface area contributed by atoms with E-state index in [0.717, 1.165) is 5.56 Å². The van der Waals surface area contributed by atoms with Crippen molar-refractivity contribution in [1.29, 1.82) is 0 Å². The van der Waals surface area contributed by atoms with Crippen LogP contribution in [0.15, 0.2) is 24.3 Å². The lowest BCUT2D eigenvalue weighted by molar-refractivity contribution is -0.0329. The van der Waals surface area contributed by atoms with Crippen LogP contribution in [0.5, 0.6) is 5.75 Å². The Morgan fingerprint density at radius 1 is 1.20 bits per heavy atom. The van der Waals surface area contributed by atoms with E-state index in [-0.39, 0.29) is 24.1 Å². The van der Waals surface area contributed by atoms with Crippen molar-refractivity contribution in [3.63, 3.8) is 0 Å². The van der Waals surface area contributed by atoms with Crippen LogP contribution in [0.1, 0.15) is 5.56 Å². The number of hydrogen-bond donors (Lipinski definition) is 0. The summed E-state index contributed by atoms with van der Waals surface area (Å²) in [7, 11) is 0. The maximum atomic E-state index is 11.7. The van der Waals surface area contributed by atoms with Crippen molar-refractivity contribution in [3.8, 4) is 5.75 Å².